The van der Waals surface area contributed by atoms with Gasteiger partial charge < -0.3 is 19.5 Å². The van der Waals surface area contributed by atoms with Crippen molar-refractivity contribution < 1.29 is 24.0 Å². The Morgan fingerprint density at radius 1 is 1.26 bits per heavy atom. The van der Waals surface area contributed by atoms with Gasteiger partial charge in [-0.25, -0.2) is 4.63 Å². The number of aliphatic hydroxyl groups is 1. The highest BCUT2D eigenvalue weighted by atomic mass is 16.6. The van der Waals surface area contributed by atoms with Gasteiger partial charge in [-0.1, -0.05) is 22.4 Å². The normalized spacial score (nSPS) is 16.4. The molecule has 9 heteroatoms. The Labute approximate surface area is 182 Å². The molecule has 31 heavy (non-hydrogen) atoms. The second-order valence-electron chi connectivity index (χ2n) is 8.18. The summed E-state index contributed by atoms with van der Waals surface area (Å²) in [4.78, 5) is 15.9. The lowest BCUT2D eigenvalue weighted by molar-refractivity contribution is -0.147. The number of β-amino-alcohol motifs (C(OH)–C–C–N with tert-alkyl or cyclic N) is 1. The van der Waals surface area contributed by atoms with E-state index in [9.17, 15) is 9.90 Å². The number of hydrogen-bond donors (Lipinski definition) is 1. The summed E-state index contributed by atoms with van der Waals surface area (Å²) in [7, 11) is 3.45. The van der Waals surface area contributed by atoms with Crippen LogP contribution in [0.25, 0.3) is 0 Å². The van der Waals surface area contributed by atoms with Gasteiger partial charge in [-0.05, 0) is 57.6 Å². The zero-order chi connectivity index (χ0) is 22.2. The van der Waals surface area contributed by atoms with Crippen LogP contribution in [0.15, 0.2) is 28.9 Å². The van der Waals surface area contributed by atoms with E-state index in [1.165, 1.54) is 7.11 Å². The molecule has 0 aliphatic carbocycles. The number of piperidine rings is 1. The van der Waals surface area contributed by atoms with Gasteiger partial charge >= 0.3 is 5.97 Å². The Morgan fingerprint density at radius 3 is 2.58 bits per heavy atom. The Balaban J connectivity index is 1.37. The van der Waals surface area contributed by atoms with Gasteiger partial charge in [0.15, 0.2) is 0 Å². The van der Waals surface area contributed by atoms with Crippen LogP contribution in [-0.4, -0.2) is 77.7 Å². The largest absolute Gasteiger partial charge is 0.491 e. The van der Waals surface area contributed by atoms with Crippen LogP contribution in [0.2, 0.25) is 0 Å². The maximum Gasteiger partial charge on any atom is 0.308 e. The molecule has 1 saturated heterocycles. The van der Waals surface area contributed by atoms with Crippen LogP contribution >= 0.6 is 0 Å². The molecule has 1 aromatic carbocycles. The first-order valence-electron chi connectivity index (χ1n) is 10.6. The van der Waals surface area contributed by atoms with E-state index in [1.54, 1.807) is 0 Å². The molecule has 0 amide bonds. The molecule has 0 unspecified atom stereocenters. The molecule has 0 saturated carbocycles. The van der Waals surface area contributed by atoms with Gasteiger partial charge in [0.05, 0.1) is 13.0 Å². The first-order valence-corrected chi connectivity index (χ1v) is 10.6. The SMILES string of the molecule is COC(=O)C1CCN(C[C@@H](O)COc2ccc(CN(C)Cc3nonc3C)cc2)CC1. The van der Waals surface area contributed by atoms with E-state index in [2.05, 4.69) is 20.1 Å². The monoisotopic (exact) mass is 432 g/mol. The van der Waals surface area contributed by atoms with Gasteiger partial charge in [0.2, 0.25) is 0 Å². The fourth-order valence-corrected chi connectivity index (χ4v) is 3.77. The average molecular weight is 433 g/mol. The van der Waals surface area contributed by atoms with Crippen molar-refractivity contribution in [2.45, 2.75) is 39.0 Å². The van der Waals surface area contributed by atoms with Gasteiger partial charge in [-0.3, -0.25) is 9.69 Å². The number of carbonyl (C=O) groups is 1. The molecule has 1 fully saturated rings. The summed E-state index contributed by atoms with van der Waals surface area (Å²) in [5.41, 5.74) is 2.80. The van der Waals surface area contributed by atoms with Crippen LogP contribution in [-0.2, 0) is 22.6 Å². The quantitative estimate of drug-likeness (QED) is 0.561. The predicted molar refractivity (Wildman–Crippen MR) is 113 cm³/mol. The molecule has 0 bridgehead atoms. The molecule has 1 aliphatic heterocycles. The van der Waals surface area contributed by atoms with Crippen molar-refractivity contribution in [1.82, 2.24) is 20.1 Å². The van der Waals surface area contributed by atoms with Crippen LogP contribution in [0.5, 0.6) is 5.75 Å². The minimum atomic E-state index is -0.584. The van der Waals surface area contributed by atoms with Gasteiger partial charge in [0.25, 0.3) is 0 Å². The Hall–Kier alpha value is -2.49. The first kappa shape index (κ1) is 23.2. The van der Waals surface area contributed by atoms with Crippen molar-refractivity contribution in [2.75, 3.05) is 40.4 Å². The second-order valence-corrected chi connectivity index (χ2v) is 8.18. The van der Waals surface area contributed by atoms with Crippen molar-refractivity contribution in [3.63, 3.8) is 0 Å². The lowest BCUT2D eigenvalue weighted by atomic mass is 9.97. The molecule has 0 spiro atoms. The number of methoxy groups -OCH3 is 1. The van der Waals surface area contributed by atoms with Crippen LogP contribution < -0.4 is 4.74 Å². The van der Waals surface area contributed by atoms with E-state index in [1.807, 2.05) is 38.2 Å². The van der Waals surface area contributed by atoms with E-state index >= 15 is 0 Å². The number of esters is 1. The van der Waals surface area contributed by atoms with Crippen LogP contribution in [0.1, 0.15) is 29.8 Å². The summed E-state index contributed by atoms with van der Waals surface area (Å²) in [6.45, 7) is 5.63. The molecule has 1 N–H and O–H groups in total. The molecular formula is C22H32N4O5. The minimum absolute atomic E-state index is 0.0242. The zero-order valence-corrected chi connectivity index (χ0v) is 18.5. The number of benzene rings is 1. The Bertz CT molecular complexity index is 818. The predicted octanol–water partition coefficient (Wildman–Crippen LogP) is 1.63. The van der Waals surface area contributed by atoms with Crippen molar-refractivity contribution in [1.29, 1.82) is 0 Å². The fraction of sp³-hybridized carbons (Fsp3) is 0.591. The number of aryl methyl sites for hydroxylation is 1. The molecule has 2 heterocycles. The van der Waals surface area contributed by atoms with E-state index in [0.717, 1.165) is 55.2 Å². The number of aromatic nitrogens is 2. The third kappa shape index (κ3) is 7.02. The molecule has 9 nitrogen and oxygen atoms in total. The minimum Gasteiger partial charge on any atom is -0.491 e. The third-order valence-electron chi connectivity index (χ3n) is 5.58. The highest BCUT2D eigenvalue weighted by molar-refractivity contribution is 5.72. The van der Waals surface area contributed by atoms with Gasteiger partial charge in [0, 0.05) is 19.6 Å². The van der Waals surface area contributed by atoms with E-state index in [0.29, 0.717) is 13.1 Å². The average Bonchev–Trinajstić information content (AvgIpc) is 3.17. The highest BCUT2D eigenvalue weighted by Crippen LogP contribution is 2.19. The topological polar surface area (TPSA) is 101 Å². The number of carbonyl (C=O) groups excluding carboxylic acids is 1. The Morgan fingerprint density at radius 2 is 1.97 bits per heavy atom. The fourth-order valence-electron chi connectivity index (χ4n) is 3.77. The van der Waals surface area contributed by atoms with E-state index in [-0.39, 0.29) is 18.5 Å². The summed E-state index contributed by atoms with van der Waals surface area (Å²) in [5, 5.41) is 18.0. The van der Waals surface area contributed by atoms with Gasteiger partial charge in [-0.15, -0.1) is 0 Å². The molecule has 170 valence electrons. The van der Waals surface area contributed by atoms with E-state index in [4.69, 9.17) is 14.1 Å². The number of likely N-dealkylation sites (tertiary alicyclic amines) is 1. The smallest absolute Gasteiger partial charge is 0.308 e. The molecule has 0 radical (unpaired) electrons. The molecule has 2 aromatic rings. The lowest BCUT2D eigenvalue weighted by Crippen LogP contribution is -2.42. The van der Waals surface area contributed by atoms with Crippen molar-refractivity contribution in [3.8, 4) is 5.75 Å². The molecule has 1 aliphatic rings. The summed E-state index contributed by atoms with van der Waals surface area (Å²) >= 11 is 0. The number of aliphatic hydroxyl groups excluding tert-OH is 1. The standard InChI is InChI=1S/C22H32N4O5/c1-16-21(24-31-23-16)14-25(2)12-17-4-6-20(7-5-17)30-15-19(27)13-26-10-8-18(9-11-26)22(28)29-3/h4-7,18-19,27H,8-15H2,1-3H3/t19-/m1/s1. The summed E-state index contributed by atoms with van der Waals surface area (Å²) < 4.78 is 15.3. The summed E-state index contributed by atoms with van der Waals surface area (Å²) in [5.74, 6) is 0.568. The molecule has 1 atom stereocenters. The van der Waals surface area contributed by atoms with Crippen molar-refractivity contribution in [2.24, 2.45) is 5.92 Å². The van der Waals surface area contributed by atoms with Crippen LogP contribution in [0.3, 0.4) is 0 Å². The number of hydrogen-bond acceptors (Lipinski definition) is 9. The van der Waals surface area contributed by atoms with Gasteiger partial charge in [0.1, 0.15) is 29.8 Å². The summed E-state index contributed by atoms with van der Waals surface area (Å²) in [6.07, 6.45) is 0.950. The highest BCUT2D eigenvalue weighted by Gasteiger charge is 2.26. The van der Waals surface area contributed by atoms with Gasteiger partial charge in [-0.2, -0.15) is 0 Å². The molecular weight excluding hydrogens is 400 g/mol. The third-order valence-corrected chi connectivity index (χ3v) is 5.58. The maximum atomic E-state index is 11.6. The van der Waals surface area contributed by atoms with Crippen LogP contribution in [0, 0.1) is 12.8 Å². The number of ether oxygens (including phenoxy) is 2. The zero-order valence-electron chi connectivity index (χ0n) is 18.5. The summed E-state index contributed by atoms with van der Waals surface area (Å²) in [6, 6.07) is 7.87. The maximum absolute atomic E-state index is 11.6. The number of nitrogens with zero attached hydrogens (tertiary/aromatic N) is 4. The van der Waals surface area contributed by atoms with Crippen molar-refractivity contribution >= 4 is 5.97 Å². The molecule has 1 aromatic heterocycles. The second kappa shape index (κ2) is 11.2. The van der Waals surface area contributed by atoms with Crippen molar-refractivity contribution in [3.05, 3.63) is 41.2 Å². The first-order chi connectivity index (χ1) is 14.9. The molecule has 3 rings (SSSR count). The number of rotatable bonds is 10. The van der Waals surface area contributed by atoms with Crippen LogP contribution in [0.4, 0.5) is 0 Å². The Kier molecular flexibility index (Phi) is 8.39. The van der Waals surface area contributed by atoms with E-state index < -0.39 is 6.10 Å². The lowest BCUT2D eigenvalue weighted by Gasteiger charge is -2.31.